The van der Waals surface area contributed by atoms with Crippen LogP contribution in [0.3, 0.4) is 0 Å². The fraction of sp³-hybridized carbons (Fsp3) is 0.143. The van der Waals surface area contributed by atoms with Crippen LogP contribution in [0.15, 0.2) is 65.3 Å². The van der Waals surface area contributed by atoms with Gasteiger partial charge in [0.15, 0.2) is 6.61 Å². The van der Waals surface area contributed by atoms with Gasteiger partial charge in [0.1, 0.15) is 5.75 Å². The first-order valence-corrected chi connectivity index (χ1v) is 8.68. The maximum atomic E-state index is 12.2. The number of nitrogens with zero attached hydrogens (tertiary/aromatic N) is 3. The van der Waals surface area contributed by atoms with Crippen molar-refractivity contribution >= 4 is 16.9 Å². The number of esters is 1. The number of hydrogen-bond acceptors (Lipinski definition) is 7. The van der Waals surface area contributed by atoms with Crippen LogP contribution in [-0.4, -0.2) is 28.2 Å². The zero-order valence-electron chi connectivity index (χ0n) is 15.2. The first kappa shape index (κ1) is 17.7. The summed E-state index contributed by atoms with van der Waals surface area (Å²) in [6, 6.07) is 16.8. The van der Waals surface area contributed by atoms with Crippen molar-refractivity contribution in [1.29, 1.82) is 0 Å². The van der Waals surface area contributed by atoms with E-state index in [2.05, 4.69) is 15.1 Å². The second-order valence-electron chi connectivity index (χ2n) is 6.07. The Balaban J connectivity index is 1.39. The van der Waals surface area contributed by atoms with E-state index in [-0.39, 0.29) is 19.0 Å². The Morgan fingerprint density at radius 1 is 1.07 bits per heavy atom. The molecule has 4 aromatic rings. The summed E-state index contributed by atoms with van der Waals surface area (Å²) in [7, 11) is 1.60. The van der Waals surface area contributed by atoms with Gasteiger partial charge in [-0.25, -0.2) is 0 Å². The number of pyridine rings is 1. The fourth-order valence-electron chi connectivity index (χ4n) is 2.83. The molecule has 2 heterocycles. The average molecular weight is 375 g/mol. The monoisotopic (exact) mass is 375 g/mol. The predicted octanol–water partition coefficient (Wildman–Crippen LogP) is 3.58. The van der Waals surface area contributed by atoms with Crippen LogP contribution < -0.4 is 4.74 Å². The van der Waals surface area contributed by atoms with Crippen molar-refractivity contribution in [2.75, 3.05) is 7.11 Å². The molecule has 0 saturated heterocycles. The lowest BCUT2D eigenvalue weighted by molar-refractivity contribution is -0.144. The quantitative estimate of drug-likeness (QED) is 0.476. The van der Waals surface area contributed by atoms with Gasteiger partial charge in [0.2, 0.25) is 5.82 Å². The summed E-state index contributed by atoms with van der Waals surface area (Å²) in [5, 5.41) is 4.84. The van der Waals surface area contributed by atoms with Gasteiger partial charge in [0.25, 0.3) is 5.89 Å². The molecule has 28 heavy (non-hydrogen) atoms. The van der Waals surface area contributed by atoms with Crippen LogP contribution >= 0.6 is 0 Å². The minimum Gasteiger partial charge on any atom is -0.497 e. The van der Waals surface area contributed by atoms with Gasteiger partial charge in [-0.2, -0.15) is 4.98 Å². The Kier molecular flexibility index (Phi) is 4.97. The number of fused-ring (bicyclic) bond motifs is 1. The molecule has 0 aliphatic heterocycles. The van der Waals surface area contributed by atoms with Gasteiger partial charge in [-0.05, 0) is 35.9 Å². The van der Waals surface area contributed by atoms with E-state index >= 15 is 0 Å². The Bertz CT molecular complexity index is 1100. The standard InChI is InChI=1S/C21H17N3O4/c1-26-17-9-7-15(8-10-17)21-23-18(24-28-21)13-27-19(25)12-16-5-2-4-14-6-3-11-22-20(14)16/h2-11H,12-13H2,1H3. The number of aromatic nitrogens is 3. The molecular weight excluding hydrogens is 358 g/mol. The van der Waals surface area contributed by atoms with Gasteiger partial charge in [0, 0.05) is 17.1 Å². The Morgan fingerprint density at radius 3 is 2.71 bits per heavy atom. The van der Waals surface area contributed by atoms with Gasteiger partial charge < -0.3 is 14.0 Å². The van der Waals surface area contributed by atoms with E-state index in [0.29, 0.717) is 11.7 Å². The maximum absolute atomic E-state index is 12.2. The van der Waals surface area contributed by atoms with Crippen LogP contribution in [0.25, 0.3) is 22.4 Å². The SMILES string of the molecule is COc1ccc(-c2nc(COC(=O)Cc3cccc4cccnc34)no2)cc1. The van der Waals surface area contributed by atoms with Gasteiger partial charge in [-0.1, -0.05) is 29.4 Å². The molecule has 0 N–H and O–H groups in total. The summed E-state index contributed by atoms with van der Waals surface area (Å²) in [6.07, 6.45) is 1.83. The lowest BCUT2D eigenvalue weighted by atomic mass is 10.1. The molecule has 0 aliphatic rings. The highest BCUT2D eigenvalue weighted by Gasteiger charge is 2.13. The molecule has 0 aliphatic carbocycles. The molecule has 0 radical (unpaired) electrons. The van der Waals surface area contributed by atoms with Crippen molar-refractivity contribution in [3.05, 3.63) is 72.2 Å². The number of hydrogen-bond donors (Lipinski definition) is 0. The molecule has 4 rings (SSSR count). The minimum atomic E-state index is -0.381. The third-order valence-electron chi connectivity index (χ3n) is 4.22. The number of carbonyl (C=O) groups is 1. The molecular formula is C21H17N3O4. The molecule has 7 nitrogen and oxygen atoms in total. The topological polar surface area (TPSA) is 87.3 Å². The van der Waals surface area contributed by atoms with Crippen LogP contribution in [-0.2, 0) is 22.6 Å². The normalized spacial score (nSPS) is 10.8. The highest BCUT2D eigenvalue weighted by atomic mass is 16.5. The maximum Gasteiger partial charge on any atom is 0.310 e. The van der Waals surface area contributed by atoms with E-state index in [0.717, 1.165) is 27.8 Å². The van der Waals surface area contributed by atoms with Gasteiger partial charge in [-0.3, -0.25) is 9.78 Å². The summed E-state index contributed by atoms with van der Waals surface area (Å²) in [4.78, 5) is 20.8. The van der Waals surface area contributed by atoms with Crippen LogP contribution in [0.1, 0.15) is 11.4 Å². The second-order valence-corrected chi connectivity index (χ2v) is 6.07. The average Bonchev–Trinajstić information content (AvgIpc) is 3.22. The molecule has 0 bridgehead atoms. The molecule has 140 valence electrons. The van der Waals surface area contributed by atoms with E-state index in [1.54, 1.807) is 25.4 Å². The molecule has 0 amide bonds. The first-order chi connectivity index (χ1) is 13.7. The van der Waals surface area contributed by atoms with E-state index < -0.39 is 0 Å². The molecule has 7 heteroatoms. The Morgan fingerprint density at radius 2 is 1.89 bits per heavy atom. The summed E-state index contributed by atoms with van der Waals surface area (Å²) in [5.74, 6) is 1.01. The van der Waals surface area contributed by atoms with Crippen molar-refractivity contribution in [1.82, 2.24) is 15.1 Å². The molecule has 2 aromatic carbocycles. The third kappa shape index (κ3) is 3.83. The minimum absolute atomic E-state index is 0.0588. The van der Waals surface area contributed by atoms with E-state index in [9.17, 15) is 4.79 Å². The predicted molar refractivity (Wildman–Crippen MR) is 102 cm³/mol. The molecule has 0 fully saturated rings. The zero-order valence-corrected chi connectivity index (χ0v) is 15.2. The summed E-state index contributed by atoms with van der Waals surface area (Å²) < 4.78 is 15.6. The van der Waals surface area contributed by atoms with Crippen LogP contribution in [0, 0.1) is 0 Å². The molecule has 2 aromatic heterocycles. The summed E-state index contributed by atoms with van der Waals surface area (Å²) in [5.41, 5.74) is 2.37. The van der Waals surface area contributed by atoms with Crippen molar-refractivity contribution in [3.63, 3.8) is 0 Å². The highest BCUT2D eigenvalue weighted by Crippen LogP contribution is 2.21. The number of benzene rings is 2. The van der Waals surface area contributed by atoms with Crippen LogP contribution in [0.5, 0.6) is 5.75 Å². The fourth-order valence-corrected chi connectivity index (χ4v) is 2.83. The number of rotatable bonds is 6. The molecule has 0 unspecified atom stereocenters. The third-order valence-corrected chi connectivity index (χ3v) is 4.22. The van der Waals surface area contributed by atoms with Gasteiger partial charge >= 0.3 is 5.97 Å². The lowest BCUT2D eigenvalue weighted by Gasteiger charge is -2.05. The highest BCUT2D eigenvalue weighted by molar-refractivity contribution is 5.85. The molecule has 0 saturated carbocycles. The van der Waals surface area contributed by atoms with Crippen molar-refractivity contribution < 1.29 is 18.8 Å². The Hall–Kier alpha value is -3.74. The summed E-state index contributed by atoms with van der Waals surface area (Å²) >= 11 is 0. The van der Waals surface area contributed by atoms with E-state index in [4.69, 9.17) is 14.0 Å². The Labute approximate surface area is 160 Å². The van der Waals surface area contributed by atoms with Crippen LogP contribution in [0.2, 0.25) is 0 Å². The van der Waals surface area contributed by atoms with Crippen molar-refractivity contribution in [2.24, 2.45) is 0 Å². The lowest BCUT2D eigenvalue weighted by Crippen LogP contribution is -2.09. The van der Waals surface area contributed by atoms with E-state index in [1.165, 1.54) is 0 Å². The summed E-state index contributed by atoms with van der Waals surface area (Å²) in [6.45, 7) is -0.0588. The number of ether oxygens (including phenoxy) is 2. The molecule has 0 spiro atoms. The van der Waals surface area contributed by atoms with Crippen LogP contribution in [0.4, 0.5) is 0 Å². The molecule has 0 atom stereocenters. The van der Waals surface area contributed by atoms with Crippen molar-refractivity contribution in [2.45, 2.75) is 13.0 Å². The number of carbonyl (C=O) groups excluding carboxylic acids is 1. The van der Waals surface area contributed by atoms with Crippen molar-refractivity contribution in [3.8, 4) is 17.2 Å². The smallest absolute Gasteiger partial charge is 0.310 e. The number of methoxy groups -OCH3 is 1. The zero-order chi connectivity index (χ0) is 19.3. The van der Waals surface area contributed by atoms with Gasteiger partial charge in [0.05, 0.1) is 19.0 Å². The second kappa shape index (κ2) is 7.87. The largest absolute Gasteiger partial charge is 0.497 e. The van der Waals surface area contributed by atoms with E-state index in [1.807, 2.05) is 42.5 Å². The first-order valence-electron chi connectivity index (χ1n) is 8.68. The number of para-hydroxylation sites is 1. The van der Waals surface area contributed by atoms with Gasteiger partial charge in [-0.15, -0.1) is 0 Å².